The molecule has 2 N–H and O–H groups in total. The van der Waals surface area contributed by atoms with Gasteiger partial charge in [0, 0.05) is 24.4 Å². The van der Waals surface area contributed by atoms with Crippen LogP contribution in [0, 0.1) is 6.92 Å². The lowest BCUT2D eigenvalue weighted by molar-refractivity contribution is -0.153. The standard InChI is InChI=1S/C30H28F3N5O3S/c1-19-10-13-25(34-16-19)38-27(29(40)37-42-17-21-6-3-2-4-7-21)26-24(36-38)15-22(35-28(26)39)12-11-20-8-5-9-23(14-20)41-18-30(31,32)33/h2-10,13-14,16,22H,11-12,15,17-18H2,1H3,(H,35,39)(H,37,40). The van der Waals surface area contributed by atoms with E-state index in [1.165, 1.54) is 22.7 Å². The van der Waals surface area contributed by atoms with Crippen LogP contribution in [-0.2, 0) is 18.6 Å². The number of carbonyl (C=O) groups excluding carboxylic acids is 2. The van der Waals surface area contributed by atoms with Gasteiger partial charge in [-0.05, 0) is 66.6 Å². The van der Waals surface area contributed by atoms with Gasteiger partial charge in [0.1, 0.15) is 11.4 Å². The van der Waals surface area contributed by atoms with Gasteiger partial charge >= 0.3 is 6.18 Å². The Morgan fingerprint density at radius 1 is 1.12 bits per heavy atom. The summed E-state index contributed by atoms with van der Waals surface area (Å²) in [6.07, 6.45) is -1.38. The lowest BCUT2D eigenvalue weighted by Gasteiger charge is -2.23. The van der Waals surface area contributed by atoms with E-state index >= 15 is 0 Å². The molecule has 4 aromatic rings. The number of hydrogen-bond acceptors (Lipinski definition) is 6. The van der Waals surface area contributed by atoms with Crippen LogP contribution in [0.1, 0.15) is 49.7 Å². The Kier molecular flexibility index (Phi) is 8.81. The number of halogens is 3. The van der Waals surface area contributed by atoms with Crippen molar-refractivity contribution in [3.63, 3.8) is 0 Å². The Bertz CT molecular complexity index is 1560. The van der Waals surface area contributed by atoms with Gasteiger partial charge in [0.05, 0.1) is 11.3 Å². The Morgan fingerprint density at radius 2 is 1.90 bits per heavy atom. The highest BCUT2D eigenvalue weighted by Crippen LogP contribution is 2.26. The molecule has 1 aliphatic rings. The van der Waals surface area contributed by atoms with Gasteiger partial charge in [-0.3, -0.25) is 14.3 Å². The first kappa shape index (κ1) is 29.2. The molecule has 2 aromatic heterocycles. The number of rotatable bonds is 10. The Labute approximate surface area is 244 Å². The van der Waals surface area contributed by atoms with Crippen molar-refractivity contribution >= 4 is 23.8 Å². The molecule has 0 saturated heterocycles. The molecule has 12 heteroatoms. The predicted molar refractivity (Wildman–Crippen MR) is 153 cm³/mol. The van der Waals surface area contributed by atoms with Crippen molar-refractivity contribution in [1.29, 1.82) is 0 Å². The summed E-state index contributed by atoms with van der Waals surface area (Å²) in [4.78, 5) is 31.2. The third kappa shape index (κ3) is 7.30. The molecule has 2 amide bonds. The molecule has 1 aliphatic heterocycles. The fourth-order valence-corrected chi connectivity index (χ4v) is 5.29. The molecule has 0 aliphatic carbocycles. The molecule has 2 aromatic carbocycles. The minimum atomic E-state index is -4.42. The van der Waals surface area contributed by atoms with Crippen LogP contribution in [0.25, 0.3) is 5.82 Å². The zero-order valence-corrected chi connectivity index (χ0v) is 23.5. The van der Waals surface area contributed by atoms with E-state index < -0.39 is 24.6 Å². The number of fused-ring (bicyclic) bond motifs is 1. The van der Waals surface area contributed by atoms with Crippen LogP contribution in [0.2, 0.25) is 0 Å². The summed E-state index contributed by atoms with van der Waals surface area (Å²) in [6.45, 7) is 0.534. The third-order valence-electron chi connectivity index (χ3n) is 6.62. The SMILES string of the molecule is Cc1ccc(-n2nc3c(c2C(=O)NSCc2ccccc2)C(=O)NC(CCc2cccc(OCC(F)(F)F)c2)C3)nc1. The Hall–Kier alpha value is -4.32. The summed E-state index contributed by atoms with van der Waals surface area (Å²) in [6, 6.07) is 19.5. The molecule has 1 atom stereocenters. The van der Waals surface area contributed by atoms with Gasteiger partial charge in [0.15, 0.2) is 12.4 Å². The highest BCUT2D eigenvalue weighted by molar-refractivity contribution is 7.97. The second-order valence-corrected chi connectivity index (χ2v) is 10.7. The van der Waals surface area contributed by atoms with E-state index in [-0.39, 0.29) is 23.0 Å². The molecular formula is C30H28F3N5O3S. The zero-order valence-electron chi connectivity index (χ0n) is 22.6. The average Bonchev–Trinajstić information content (AvgIpc) is 3.36. The number of amides is 2. The summed E-state index contributed by atoms with van der Waals surface area (Å²) in [5.74, 6) is 0.206. The first-order chi connectivity index (χ1) is 20.2. The smallest absolute Gasteiger partial charge is 0.422 e. The van der Waals surface area contributed by atoms with E-state index in [1.807, 2.05) is 43.3 Å². The second kappa shape index (κ2) is 12.7. The second-order valence-electron chi connectivity index (χ2n) is 9.95. The van der Waals surface area contributed by atoms with Crippen LogP contribution in [0.3, 0.4) is 0 Å². The number of aryl methyl sites for hydroxylation is 2. The number of alkyl halides is 3. The van der Waals surface area contributed by atoms with Crippen LogP contribution in [0.4, 0.5) is 13.2 Å². The number of hydrogen-bond donors (Lipinski definition) is 2. The van der Waals surface area contributed by atoms with Crippen LogP contribution >= 0.6 is 11.9 Å². The molecule has 0 saturated carbocycles. The van der Waals surface area contributed by atoms with E-state index in [0.717, 1.165) is 16.7 Å². The fourth-order valence-electron chi connectivity index (χ4n) is 4.63. The average molecular weight is 596 g/mol. The van der Waals surface area contributed by atoms with Crippen molar-refractivity contribution in [2.45, 2.75) is 44.2 Å². The summed E-state index contributed by atoms with van der Waals surface area (Å²) in [7, 11) is 0. The molecule has 1 unspecified atom stereocenters. The number of ether oxygens (including phenoxy) is 1. The summed E-state index contributed by atoms with van der Waals surface area (Å²) in [5.41, 5.74) is 3.54. The van der Waals surface area contributed by atoms with E-state index in [0.29, 0.717) is 36.5 Å². The van der Waals surface area contributed by atoms with Crippen molar-refractivity contribution in [2.24, 2.45) is 0 Å². The molecule has 0 bridgehead atoms. The van der Waals surface area contributed by atoms with Gasteiger partial charge in [0.25, 0.3) is 11.8 Å². The number of benzene rings is 2. The van der Waals surface area contributed by atoms with Gasteiger partial charge in [-0.15, -0.1) is 0 Å². The van der Waals surface area contributed by atoms with Crippen molar-refractivity contribution in [3.05, 3.63) is 107 Å². The largest absolute Gasteiger partial charge is 0.484 e. The number of nitrogens with one attached hydrogen (secondary N) is 2. The topological polar surface area (TPSA) is 98.1 Å². The molecule has 0 fully saturated rings. The molecule has 3 heterocycles. The number of carbonyl (C=O) groups is 2. The van der Waals surface area contributed by atoms with Gasteiger partial charge < -0.3 is 10.1 Å². The van der Waals surface area contributed by atoms with E-state index in [1.54, 1.807) is 30.5 Å². The van der Waals surface area contributed by atoms with Crippen LogP contribution in [0.15, 0.2) is 72.9 Å². The van der Waals surface area contributed by atoms with Gasteiger partial charge in [-0.25, -0.2) is 9.67 Å². The molecule has 0 spiro atoms. The fraction of sp³-hybridized carbons (Fsp3) is 0.267. The number of aromatic nitrogens is 3. The first-order valence-corrected chi connectivity index (χ1v) is 14.2. The molecule has 0 radical (unpaired) electrons. The molecule has 8 nitrogen and oxygen atoms in total. The first-order valence-electron chi connectivity index (χ1n) is 13.3. The van der Waals surface area contributed by atoms with Crippen LogP contribution in [0.5, 0.6) is 5.75 Å². The molecule has 218 valence electrons. The van der Waals surface area contributed by atoms with Gasteiger partial charge in [-0.2, -0.15) is 18.3 Å². The maximum atomic E-state index is 13.4. The minimum Gasteiger partial charge on any atom is -0.484 e. The Morgan fingerprint density at radius 3 is 2.64 bits per heavy atom. The zero-order chi connectivity index (χ0) is 29.7. The predicted octanol–water partition coefficient (Wildman–Crippen LogP) is 5.38. The van der Waals surface area contributed by atoms with Crippen molar-refractivity contribution < 1.29 is 27.5 Å². The van der Waals surface area contributed by atoms with Crippen LogP contribution in [-0.4, -0.2) is 45.4 Å². The van der Waals surface area contributed by atoms with Crippen molar-refractivity contribution in [3.8, 4) is 11.6 Å². The van der Waals surface area contributed by atoms with Crippen LogP contribution < -0.4 is 14.8 Å². The van der Waals surface area contributed by atoms with Gasteiger partial charge in [-0.1, -0.05) is 48.5 Å². The normalized spacial score (nSPS) is 14.7. The maximum absolute atomic E-state index is 13.4. The number of pyridine rings is 1. The maximum Gasteiger partial charge on any atom is 0.422 e. The quantitative estimate of drug-likeness (QED) is 0.239. The summed E-state index contributed by atoms with van der Waals surface area (Å²) >= 11 is 1.22. The van der Waals surface area contributed by atoms with E-state index in [4.69, 9.17) is 4.74 Å². The van der Waals surface area contributed by atoms with E-state index in [9.17, 15) is 22.8 Å². The highest BCUT2D eigenvalue weighted by Gasteiger charge is 2.35. The lowest BCUT2D eigenvalue weighted by atomic mass is 9.95. The third-order valence-corrected chi connectivity index (χ3v) is 7.42. The molecule has 42 heavy (non-hydrogen) atoms. The lowest BCUT2D eigenvalue weighted by Crippen LogP contribution is -2.42. The van der Waals surface area contributed by atoms with Crippen molar-refractivity contribution in [1.82, 2.24) is 24.8 Å². The Balaban J connectivity index is 1.32. The minimum absolute atomic E-state index is 0.104. The summed E-state index contributed by atoms with van der Waals surface area (Å²) < 4.78 is 46.7. The monoisotopic (exact) mass is 595 g/mol. The van der Waals surface area contributed by atoms with E-state index in [2.05, 4.69) is 20.1 Å². The van der Waals surface area contributed by atoms with Gasteiger partial charge in [0.2, 0.25) is 0 Å². The summed E-state index contributed by atoms with van der Waals surface area (Å²) in [5, 5.41) is 7.63. The van der Waals surface area contributed by atoms with Crippen molar-refractivity contribution in [2.75, 3.05) is 6.61 Å². The molecular weight excluding hydrogens is 567 g/mol. The number of nitrogens with zero attached hydrogens (tertiary/aromatic N) is 3. The molecule has 5 rings (SSSR count). The highest BCUT2D eigenvalue weighted by atomic mass is 32.2.